The summed E-state index contributed by atoms with van der Waals surface area (Å²) in [5.41, 5.74) is -0.670. The second kappa shape index (κ2) is 28.1. The molecular weight excluding hydrogens is 925 g/mol. The average Bonchev–Trinajstić information content (AvgIpc) is 3.11. The highest BCUT2D eigenvalue weighted by molar-refractivity contribution is 9.11. The number of hydrogen-bond donors (Lipinski definition) is 0. The Morgan fingerprint density at radius 1 is 0.490 bits per heavy atom. The molecule has 0 aromatic heterocycles. The molecule has 0 radical (unpaired) electrons. The molecule has 4 rings (SSSR count). The van der Waals surface area contributed by atoms with Gasteiger partial charge >= 0.3 is 6.18 Å². The van der Waals surface area contributed by atoms with Crippen molar-refractivity contribution in [1.82, 2.24) is 0 Å². The molecular formula is C37H24Br3F3N4S4. The minimum absolute atomic E-state index is 0.662. The van der Waals surface area contributed by atoms with Gasteiger partial charge in [0.1, 0.15) is 0 Å². The molecule has 258 valence electrons. The molecule has 0 aliphatic rings. The fourth-order valence-electron chi connectivity index (χ4n) is 2.88. The second-order valence-electron chi connectivity index (χ2n) is 8.56. The third-order valence-electron chi connectivity index (χ3n) is 5.01. The molecule has 0 fully saturated rings. The standard InChI is InChI=1S/C10H6F3NS.3C9H6BrNS/c11-10(12,13)8-2-4-9(5-3-8)15-7-1-6-14;10-8-2-4-9(5-3-8)12-7-1-6-11;10-8-3-1-4-9(7-8)12-6-2-5-11;10-8-4-1-2-5-9(8)12-7-3-6-11/h1-5,7H;1-5,7H;1-4,6-7H;1-5,7H. The number of hydrogen-bond acceptors (Lipinski definition) is 8. The topological polar surface area (TPSA) is 95.2 Å². The maximum Gasteiger partial charge on any atom is 0.416 e. The van der Waals surface area contributed by atoms with Gasteiger partial charge in [0.05, 0.1) is 29.8 Å². The highest BCUT2D eigenvalue weighted by Gasteiger charge is 2.29. The minimum atomic E-state index is -4.30. The quantitative estimate of drug-likeness (QED) is 0.127. The smallest absolute Gasteiger partial charge is 0.193 e. The number of allylic oxidation sites excluding steroid dienone is 4. The van der Waals surface area contributed by atoms with Gasteiger partial charge in [-0.3, -0.25) is 0 Å². The highest BCUT2D eigenvalue weighted by Crippen LogP contribution is 2.31. The molecule has 0 amide bonds. The Balaban J connectivity index is 0.000000342. The molecule has 0 aliphatic heterocycles. The van der Waals surface area contributed by atoms with Gasteiger partial charge in [0, 0.05) is 57.3 Å². The van der Waals surface area contributed by atoms with Crippen molar-refractivity contribution in [3.8, 4) is 24.3 Å². The molecule has 0 heterocycles. The molecule has 0 spiro atoms. The fourth-order valence-corrected chi connectivity index (χ4v) is 6.67. The zero-order valence-corrected chi connectivity index (χ0v) is 34.1. The van der Waals surface area contributed by atoms with Crippen LogP contribution in [0.3, 0.4) is 0 Å². The molecule has 4 nitrogen and oxygen atoms in total. The minimum Gasteiger partial charge on any atom is -0.193 e. The first-order valence-electron chi connectivity index (χ1n) is 13.8. The van der Waals surface area contributed by atoms with E-state index < -0.39 is 11.7 Å². The Morgan fingerprint density at radius 2 is 0.941 bits per heavy atom. The van der Waals surface area contributed by atoms with E-state index in [2.05, 4.69) is 47.8 Å². The summed E-state index contributed by atoms with van der Waals surface area (Å²) >= 11 is 15.9. The Bertz CT molecular complexity index is 1920. The molecule has 14 heteroatoms. The summed E-state index contributed by atoms with van der Waals surface area (Å²) < 4.78 is 39.7. The normalized spacial score (nSPS) is 10.5. The predicted octanol–water partition coefficient (Wildman–Crippen LogP) is 14.6. The molecule has 0 atom stereocenters. The van der Waals surface area contributed by atoms with Gasteiger partial charge in [0.25, 0.3) is 0 Å². The Morgan fingerprint density at radius 3 is 1.39 bits per heavy atom. The monoisotopic (exact) mass is 946 g/mol. The lowest BCUT2D eigenvalue weighted by atomic mass is 10.2. The summed E-state index contributed by atoms with van der Waals surface area (Å²) in [7, 11) is 0. The number of thioether (sulfide) groups is 4. The van der Waals surface area contributed by atoms with Crippen LogP contribution < -0.4 is 0 Å². The number of benzene rings is 4. The summed E-state index contributed by atoms with van der Waals surface area (Å²) in [4.78, 5) is 4.03. The summed E-state index contributed by atoms with van der Waals surface area (Å²) in [6.45, 7) is 0. The van der Waals surface area contributed by atoms with Crippen LogP contribution in [0, 0.1) is 45.3 Å². The van der Waals surface area contributed by atoms with E-state index in [-0.39, 0.29) is 0 Å². The van der Waals surface area contributed by atoms with Crippen molar-refractivity contribution in [2.24, 2.45) is 0 Å². The molecule has 4 aromatic rings. The van der Waals surface area contributed by atoms with Crippen molar-refractivity contribution < 1.29 is 13.2 Å². The molecule has 0 N–H and O–H groups in total. The van der Waals surface area contributed by atoms with Crippen LogP contribution in [-0.4, -0.2) is 0 Å². The van der Waals surface area contributed by atoms with Gasteiger partial charge in [-0.25, -0.2) is 0 Å². The molecule has 0 bridgehead atoms. The van der Waals surface area contributed by atoms with E-state index in [1.807, 2.05) is 91.0 Å². The van der Waals surface area contributed by atoms with Gasteiger partial charge < -0.3 is 0 Å². The van der Waals surface area contributed by atoms with Gasteiger partial charge in [-0.1, -0.05) is 97.1 Å². The van der Waals surface area contributed by atoms with E-state index >= 15 is 0 Å². The van der Waals surface area contributed by atoms with Gasteiger partial charge in [-0.05, 0) is 116 Å². The van der Waals surface area contributed by atoms with Gasteiger partial charge in [-0.15, -0.1) is 0 Å². The predicted molar refractivity (Wildman–Crippen MR) is 216 cm³/mol. The van der Waals surface area contributed by atoms with Gasteiger partial charge in [0.15, 0.2) is 0 Å². The Hall–Kier alpha value is -3.57. The van der Waals surface area contributed by atoms with Crippen LogP contribution >= 0.6 is 94.8 Å². The lowest BCUT2D eigenvalue weighted by Gasteiger charge is -2.06. The van der Waals surface area contributed by atoms with Crippen molar-refractivity contribution in [3.05, 3.63) is 162 Å². The Labute approximate surface area is 338 Å². The van der Waals surface area contributed by atoms with Crippen LogP contribution in [0.5, 0.6) is 0 Å². The second-order valence-corrected chi connectivity index (χ2v) is 15.1. The van der Waals surface area contributed by atoms with Crippen molar-refractivity contribution in [1.29, 1.82) is 21.0 Å². The third kappa shape index (κ3) is 22.8. The number of nitriles is 4. The molecule has 51 heavy (non-hydrogen) atoms. The molecule has 0 aliphatic carbocycles. The molecule has 0 saturated heterocycles. The zero-order chi connectivity index (χ0) is 37.7. The van der Waals surface area contributed by atoms with Crippen LogP contribution in [0.1, 0.15) is 5.56 Å². The van der Waals surface area contributed by atoms with Crippen LogP contribution in [0.4, 0.5) is 13.2 Å². The summed E-state index contributed by atoms with van der Waals surface area (Å²) in [6, 6.07) is 36.2. The maximum absolute atomic E-state index is 12.2. The number of alkyl halides is 3. The first kappa shape index (κ1) is 45.5. The Kier molecular flexibility index (Phi) is 25.0. The maximum atomic E-state index is 12.2. The third-order valence-corrected chi connectivity index (χ3v) is 10.3. The number of nitrogens with zero attached hydrogens (tertiary/aromatic N) is 4. The first-order chi connectivity index (χ1) is 24.5. The largest absolute Gasteiger partial charge is 0.416 e. The first-order valence-corrected chi connectivity index (χ1v) is 19.7. The average molecular weight is 950 g/mol. The van der Waals surface area contributed by atoms with Crippen LogP contribution in [0.2, 0.25) is 0 Å². The van der Waals surface area contributed by atoms with Crippen LogP contribution in [-0.2, 0) is 6.18 Å². The summed E-state index contributed by atoms with van der Waals surface area (Å²) in [5.74, 6) is 0. The van der Waals surface area contributed by atoms with E-state index in [0.717, 1.165) is 40.2 Å². The van der Waals surface area contributed by atoms with E-state index in [1.54, 1.807) is 22.3 Å². The van der Waals surface area contributed by atoms with Crippen molar-refractivity contribution in [2.45, 2.75) is 25.8 Å². The lowest BCUT2D eigenvalue weighted by Crippen LogP contribution is -2.03. The molecule has 0 unspecified atom stereocenters. The van der Waals surface area contributed by atoms with Crippen molar-refractivity contribution in [2.75, 3.05) is 0 Å². The molecule has 0 saturated carbocycles. The van der Waals surface area contributed by atoms with Gasteiger partial charge in [-0.2, -0.15) is 34.2 Å². The highest BCUT2D eigenvalue weighted by atomic mass is 79.9. The van der Waals surface area contributed by atoms with E-state index in [4.69, 9.17) is 21.0 Å². The zero-order valence-electron chi connectivity index (χ0n) is 26.0. The number of rotatable bonds is 8. The lowest BCUT2D eigenvalue weighted by molar-refractivity contribution is -0.137. The van der Waals surface area contributed by atoms with E-state index in [9.17, 15) is 13.2 Å². The summed E-state index contributed by atoms with van der Waals surface area (Å²) in [6.07, 6.45) is 1.36. The van der Waals surface area contributed by atoms with Crippen molar-refractivity contribution in [3.63, 3.8) is 0 Å². The molecule has 4 aromatic carbocycles. The van der Waals surface area contributed by atoms with Crippen molar-refractivity contribution >= 4 is 94.8 Å². The van der Waals surface area contributed by atoms with Crippen LogP contribution in [0.15, 0.2) is 176 Å². The summed E-state index contributed by atoms with van der Waals surface area (Å²) in [5, 5.41) is 39.7. The SMILES string of the molecule is N#CC=CSc1ccc(Br)cc1.N#CC=CSc1ccc(C(F)(F)F)cc1.N#CC=CSc1cccc(Br)c1.N#CC=CSc1ccccc1Br. The fraction of sp³-hybridized carbons (Fsp3) is 0.0270. The van der Waals surface area contributed by atoms with E-state index in [0.29, 0.717) is 4.90 Å². The van der Waals surface area contributed by atoms with Gasteiger partial charge in [0.2, 0.25) is 0 Å². The van der Waals surface area contributed by atoms with Crippen LogP contribution in [0.25, 0.3) is 0 Å². The van der Waals surface area contributed by atoms with E-state index in [1.165, 1.54) is 88.9 Å². The number of halogens is 6.